The molecule has 2 heteroatoms. The van der Waals surface area contributed by atoms with E-state index in [1.165, 1.54) is 19.3 Å². The summed E-state index contributed by atoms with van der Waals surface area (Å²) in [6, 6.07) is 3.93. The molecule has 90 valence electrons. The van der Waals surface area contributed by atoms with Gasteiger partial charge < -0.3 is 9.52 Å². The van der Waals surface area contributed by atoms with Crippen LogP contribution in [0.1, 0.15) is 44.8 Å². The summed E-state index contributed by atoms with van der Waals surface area (Å²) in [6.07, 6.45) is 8.38. The van der Waals surface area contributed by atoms with E-state index >= 15 is 0 Å². The first-order valence-corrected chi connectivity index (χ1v) is 6.50. The third-order valence-electron chi connectivity index (χ3n) is 3.79. The minimum atomic E-state index is -0.127. The zero-order chi connectivity index (χ0) is 11.4. The van der Waals surface area contributed by atoms with Crippen LogP contribution in [0.25, 0.3) is 0 Å². The van der Waals surface area contributed by atoms with Crippen molar-refractivity contribution in [2.24, 2.45) is 11.8 Å². The minimum absolute atomic E-state index is 0.127. The first kappa shape index (κ1) is 11.7. The summed E-state index contributed by atoms with van der Waals surface area (Å²) in [4.78, 5) is 0. The molecule has 1 heterocycles. The highest BCUT2D eigenvalue weighted by Crippen LogP contribution is 2.34. The van der Waals surface area contributed by atoms with E-state index in [1.54, 1.807) is 6.26 Å². The summed E-state index contributed by atoms with van der Waals surface area (Å²) in [7, 11) is 0. The number of furan rings is 1. The van der Waals surface area contributed by atoms with Crippen LogP contribution in [0, 0.1) is 11.8 Å². The molecule has 0 bridgehead atoms. The molecule has 0 aliphatic heterocycles. The van der Waals surface area contributed by atoms with Gasteiger partial charge in [-0.15, -0.1) is 0 Å². The third-order valence-corrected chi connectivity index (χ3v) is 3.79. The summed E-state index contributed by atoms with van der Waals surface area (Å²) in [6.45, 7) is 2.24. The van der Waals surface area contributed by atoms with E-state index in [0.29, 0.717) is 5.92 Å². The second-order valence-corrected chi connectivity index (χ2v) is 5.08. The lowest BCUT2D eigenvalue weighted by Crippen LogP contribution is -2.30. The lowest BCUT2D eigenvalue weighted by molar-refractivity contribution is 0.0438. The van der Waals surface area contributed by atoms with Gasteiger partial charge >= 0.3 is 0 Å². The zero-order valence-electron chi connectivity index (χ0n) is 10.1. The van der Waals surface area contributed by atoms with Gasteiger partial charge in [0, 0.05) is 6.42 Å². The average molecular weight is 222 g/mol. The standard InChI is InChI=1S/C14H22O2/c1-2-4-11-6-7-14(15)12(9-11)10-13-5-3-8-16-13/h3,5,8,11-12,14-15H,2,4,6-7,9-10H2,1H3. The Morgan fingerprint density at radius 3 is 3.00 bits per heavy atom. The molecule has 1 aromatic rings. The molecular formula is C14H22O2. The molecule has 1 aliphatic rings. The van der Waals surface area contributed by atoms with Gasteiger partial charge in [0.2, 0.25) is 0 Å². The van der Waals surface area contributed by atoms with Crippen molar-refractivity contribution in [1.82, 2.24) is 0 Å². The van der Waals surface area contributed by atoms with E-state index in [9.17, 15) is 5.11 Å². The second-order valence-electron chi connectivity index (χ2n) is 5.08. The smallest absolute Gasteiger partial charge is 0.104 e. The van der Waals surface area contributed by atoms with Crippen LogP contribution in [-0.2, 0) is 6.42 Å². The Bertz CT molecular complexity index is 292. The number of aliphatic hydroxyl groups excluding tert-OH is 1. The first-order chi connectivity index (χ1) is 7.79. The molecule has 0 amide bonds. The maximum atomic E-state index is 10.0. The van der Waals surface area contributed by atoms with E-state index < -0.39 is 0 Å². The van der Waals surface area contributed by atoms with Crippen molar-refractivity contribution in [3.8, 4) is 0 Å². The van der Waals surface area contributed by atoms with E-state index in [2.05, 4.69) is 6.92 Å². The molecule has 0 radical (unpaired) electrons. The lowest BCUT2D eigenvalue weighted by Gasteiger charge is -2.32. The predicted molar refractivity (Wildman–Crippen MR) is 64.2 cm³/mol. The van der Waals surface area contributed by atoms with Gasteiger partial charge in [-0.25, -0.2) is 0 Å². The van der Waals surface area contributed by atoms with Crippen molar-refractivity contribution < 1.29 is 9.52 Å². The summed E-state index contributed by atoms with van der Waals surface area (Å²) in [5, 5.41) is 10.0. The largest absolute Gasteiger partial charge is 0.469 e. The lowest BCUT2D eigenvalue weighted by atomic mass is 9.76. The van der Waals surface area contributed by atoms with Gasteiger partial charge in [-0.1, -0.05) is 19.8 Å². The van der Waals surface area contributed by atoms with E-state index in [-0.39, 0.29) is 6.10 Å². The molecule has 2 nitrogen and oxygen atoms in total. The zero-order valence-corrected chi connectivity index (χ0v) is 10.1. The minimum Gasteiger partial charge on any atom is -0.469 e. The van der Waals surface area contributed by atoms with Crippen molar-refractivity contribution in [2.75, 3.05) is 0 Å². The highest BCUT2D eigenvalue weighted by Gasteiger charge is 2.29. The van der Waals surface area contributed by atoms with Gasteiger partial charge in [0.15, 0.2) is 0 Å². The first-order valence-electron chi connectivity index (χ1n) is 6.50. The average Bonchev–Trinajstić information content (AvgIpc) is 2.76. The molecule has 1 aliphatic carbocycles. The Hall–Kier alpha value is -0.760. The van der Waals surface area contributed by atoms with Crippen molar-refractivity contribution in [3.63, 3.8) is 0 Å². The molecule has 0 aromatic carbocycles. The highest BCUT2D eigenvalue weighted by molar-refractivity contribution is 5.00. The van der Waals surface area contributed by atoms with Crippen molar-refractivity contribution >= 4 is 0 Å². The van der Waals surface area contributed by atoms with Crippen LogP contribution in [0.2, 0.25) is 0 Å². The van der Waals surface area contributed by atoms with Crippen molar-refractivity contribution in [2.45, 2.75) is 51.6 Å². The summed E-state index contributed by atoms with van der Waals surface area (Å²) in [5.74, 6) is 2.23. The van der Waals surface area contributed by atoms with Crippen LogP contribution in [-0.4, -0.2) is 11.2 Å². The quantitative estimate of drug-likeness (QED) is 0.847. The SMILES string of the molecule is CCCC1CCC(O)C(Cc2ccco2)C1. The van der Waals surface area contributed by atoms with Crippen LogP contribution >= 0.6 is 0 Å². The maximum absolute atomic E-state index is 10.0. The van der Waals surface area contributed by atoms with Gasteiger partial charge in [0.05, 0.1) is 12.4 Å². The summed E-state index contributed by atoms with van der Waals surface area (Å²) < 4.78 is 5.37. The van der Waals surface area contributed by atoms with E-state index in [1.807, 2.05) is 12.1 Å². The maximum Gasteiger partial charge on any atom is 0.104 e. The van der Waals surface area contributed by atoms with Gasteiger partial charge in [0.25, 0.3) is 0 Å². The molecule has 2 rings (SSSR count). The highest BCUT2D eigenvalue weighted by atomic mass is 16.3. The van der Waals surface area contributed by atoms with Crippen LogP contribution in [0.5, 0.6) is 0 Å². The second kappa shape index (κ2) is 5.53. The van der Waals surface area contributed by atoms with Gasteiger partial charge in [-0.2, -0.15) is 0 Å². The molecule has 3 atom stereocenters. The molecule has 3 unspecified atom stereocenters. The fraction of sp³-hybridized carbons (Fsp3) is 0.714. The van der Waals surface area contributed by atoms with Crippen molar-refractivity contribution in [1.29, 1.82) is 0 Å². The van der Waals surface area contributed by atoms with E-state index in [0.717, 1.165) is 30.9 Å². The number of aliphatic hydroxyl groups is 1. The third kappa shape index (κ3) is 2.88. The molecule has 1 N–H and O–H groups in total. The van der Waals surface area contributed by atoms with E-state index in [4.69, 9.17) is 4.42 Å². The van der Waals surface area contributed by atoms with Gasteiger partial charge in [0.1, 0.15) is 5.76 Å². The van der Waals surface area contributed by atoms with Crippen LogP contribution < -0.4 is 0 Å². The summed E-state index contributed by atoms with van der Waals surface area (Å²) >= 11 is 0. The van der Waals surface area contributed by atoms with Crippen molar-refractivity contribution in [3.05, 3.63) is 24.2 Å². The fourth-order valence-corrected chi connectivity index (χ4v) is 2.92. The molecule has 16 heavy (non-hydrogen) atoms. The predicted octanol–water partition coefficient (Wildman–Crippen LogP) is 3.40. The van der Waals surface area contributed by atoms with Gasteiger partial charge in [-0.3, -0.25) is 0 Å². The molecular weight excluding hydrogens is 200 g/mol. The Labute approximate surface area is 97.7 Å². The number of rotatable bonds is 4. The van der Waals surface area contributed by atoms with Gasteiger partial charge in [-0.05, 0) is 43.2 Å². The van der Waals surface area contributed by atoms with Crippen LogP contribution in [0.15, 0.2) is 22.8 Å². The topological polar surface area (TPSA) is 33.4 Å². The Kier molecular flexibility index (Phi) is 4.05. The fourth-order valence-electron chi connectivity index (χ4n) is 2.92. The number of hydrogen-bond donors (Lipinski definition) is 1. The Balaban J connectivity index is 1.91. The molecule has 1 saturated carbocycles. The number of hydrogen-bond acceptors (Lipinski definition) is 2. The Morgan fingerprint density at radius 1 is 1.44 bits per heavy atom. The molecule has 0 spiro atoms. The monoisotopic (exact) mass is 222 g/mol. The summed E-state index contributed by atoms with van der Waals surface area (Å²) in [5.41, 5.74) is 0. The van der Waals surface area contributed by atoms with Crippen LogP contribution in [0.4, 0.5) is 0 Å². The van der Waals surface area contributed by atoms with Crippen LogP contribution in [0.3, 0.4) is 0 Å². The normalized spacial score (nSPS) is 30.5. The molecule has 0 saturated heterocycles. The molecule has 1 aromatic heterocycles. The molecule has 1 fully saturated rings. The Morgan fingerprint density at radius 2 is 2.31 bits per heavy atom.